The summed E-state index contributed by atoms with van der Waals surface area (Å²) in [5, 5.41) is 23.6. The summed E-state index contributed by atoms with van der Waals surface area (Å²) in [4.78, 5) is 11.8. The van der Waals surface area contributed by atoms with E-state index in [9.17, 15) is 9.90 Å². The fraction of sp³-hybridized carbons (Fsp3) is 0.130. The number of ether oxygens (including phenoxy) is 2. The molecule has 3 rings (SSSR count). The Morgan fingerprint density at radius 1 is 1.07 bits per heavy atom. The molecule has 0 fully saturated rings. The van der Waals surface area contributed by atoms with Crippen molar-refractivity contribution in [2.75, 3.05) is 12.4 Å². The fourth-order valence-corrected chi connectivity index (χ4v) is 2.79. The molecule has 0 aliphatic carbocycles. The number of carbonyl (C=O) groups is 1. The molecule has 0 aliphatic rings. The largest absolute Gasteiger partial charge is 0.548 e. The van der Waals surface area contributed by atoms with Crippen LogP contribution in [0.25, 0.3) is 0 Å². The molecule has 0 saturated heterocycles. The molecule has 1 N–H and O–H groups in total. The van der Waals surface area contributed by atoms with Crippen LogP contribution in [-0.2, 0) is 11.4 Å². The number of hydrogen-bond acceptors (Lipinski definition) is 6. The standard InChI is InChI=1S/C23H20N2O4/c1-28-20-11-18(12-21(13-20)29-15-17-5-3-2-4-6-17)22(23(26)27)25-19-9-7-16(14-24)8-10-19/h2-13,22,25H,15H2,1H3,(H,26,27)/p-1. The molecule has 6 nitrogen and oxygen atoms in total. The lowest BCUT2D eigenvalue weighted by molar-refractivity contribution is -0.307. The van der Waals surface area contributed by atoms with Gasteiger partial charge in [0, 0.05) is 11.8 Å². The Hall–Kier alpha value is -3.98. The van der Waals surface area contributed by atoms with Gasteiger partial charge in [0.1, 0.15) is 18.1 Å². The summed E-state index contributed by atoms with van der Waals surface area (Å²) in [6, 6.07) is 22.0. The van der Waals surface area contributed by atoms with Crippen LogP contribution in [0.4, 0.5) is 5.69 Å². The molecule has 1 atom stereocenters. The first-order chi connectivity index (χ1) is 14.1. The van der Waals surface area contributed by atoms with E-state index in [-0.39, 0.29) is 0 Å². The quantitative estimate of drug-likeness (QED) is 0.638. The smallest absolute Gasteiger partial charge is 0.123 e. The SMILES string of the molecule is COc1cc(OCc2ccccc2)cc(C(Nc2ccc(C#N)cc2)C(=O)[O-])c1. The number of methoxy groups -OCH3 is 1. The molecular weight excluding hydrogens is 368 g/mol. The van der Waals surface area contributed by atoms with Crippen LogP contribution in [0.1, 0.15) is 22.7 Å². The van der Waals surface area contributed by atoms with Gasteiger partial charge in [-0.25, -0.2) is 0 Å². The Balaban J connectivity index is 1.84. The molecule has 0 spiro atoms. The van der Waals surface area contributed by atoms with Gasteiger partial charge in [-0.05, 0) is 47.5 Å². The highest BCUT2D eigenvalue weighted by atomic mass is 16.5. The van der Waals surface area contributed by atoms with Crippen molar-refractivity contribution in [1.29, 1.82) is 5.26 Å². The number of aliphatic carboxylic acids is 1. The zero-order chi connectivity index (χ0) is 20.6. The van der Waals surface area contributed by atoms with E-state index in [0.29, 0.717) is 34.9 Å². The summed E-state index contributed by atoms with van der Waals surface area (Å²) in [5.74, 6) is -0.342. The maximum Gasteiger partial charge on any atom is 0.123 e. The molecule has 0 heterocycles. The predicted octanol–water partition coefficient (Wildman–Crippen LogP) is 3.05. The van der Waals surface area contributed by atoms with E-state index in [1.54, 1.807) is 42.5 Å². The van der Waals surface area contributed by atoms with Crippen molar-refractivity contribution in [2.24, 2.45) is 0 Å². The molecule has 0 aromatic heterocycles. The number of nitrogens with one attached hydrogen (secondary N) is 1. The molecule has 29 heavy (non-hydrogen) atoms. The van der Waals surface area contributed by atoms with Gasteiger partial charge in [-0.1, -0.05) is 30.3 Å². The van der Waals surface area contributed by atoms with E-state index >= 15 is 0 Å². The Bertz CT molecular complexity index is 1010. The number of benzene rings is 3. The van der Waals surface area contributed by atoms with E-state index in [1.807, 2.05) is 36.4 Å². The minimum absolute atomic E-state index is 0.340. The second kappa shape index (κ2) is 9.29. The molecule has 146 valence electrons. The van der Waals surface area contributed by atoms with Crippen LogP contribution >= 0.6 is 0 Å². The van der Waals surface area contributed by atoms with Crippen LogP contribution in [0.3, 0.4) is 0 Å². The zero-order valence-electron chi connectivity index (χ0n) is 15.8. The number of nitrogens with zero attached hydrogens (tertiary/aromatic N) is 1. The van der Waals surface area contributed by atoms with Gasteiger partial charge in [0.15, 0.2) is 0 Å². The lowest BCUT2D eigenvalue weighted by Crippen LogP contribution is -2.34. The monoisotopic (exact) mass is 387 g/mol. The summed E-state index contributed by atoms with van der Waals surface area (Å²) in [5.41, 5.74) is 2.45. The molecule has 1 unspecified atom stereocenters. The van der Waals surface area contributed by atoms with Crippen LogP contribution in [0.2, 0.25) is 0 Å². The molecule has 0 aliphatic heterocycles. The van der Waals surface area contributed by atoms with Crippen LogP contribution in [0.5, 0.6) is 11.5 Å². The van der Waals surface area contributed by atoms with Gasteiger partial charge in [0.25, 0.3) is 0 Å². The fourth-order valence-electron chi connectivity index (χ4n) is 2.79. The van der Waals surface area contributed by atoms with Gasteiger partial charge in [-0.3, -0.25) is 0 Å². The molecular formula is C23H19N2O4-. The van der Waals surface area contributed by atoms with Crippen LogP contribution in [-0.4, -0.2) is 13.1 Å². The van der Waals surface area contributed by atoms with Crippen molar-refractivity contribution < 1.29 is 19.4 Å². The van der Waals surface area contributed by atoms with Crippen molar-refractivity contribution in [2.45, 2.75) is 12.6 Å². The molecule has 0 saturated carbocycles. The van der Waals surface area contributed by atoms with Gasteiger partial charge < -0.3 is 24.7 Å². The molecule has 6 heteroatoms. The number of nitriles is 1. The average molecular weight is 387 g/mol. The normalized spacial score (nSPS) is 11.2. The number of carboxylic acids is 1. The Kier molecular flexibility index (Phi) is 6.33. The number of rotatable bonds is 8. The summed E-state index contributed by atoms with van der Waals surface area (Å²) in [7, 11) is 1.50. The van der Waals surface area contributed by atoms with Crippen molar-refractivity contribution in [1.82, 2.24) is 0 Å². The third-order valence-electron chi connectivity index (χ3n) is 4.28. The third-order valence-corrected chi connectivity index (χ3v) is 4.28. The van der Waals surface area contributed by atoms with Gasteiger partial charge in [-0.2, -0.15) is 5.26 Å². The van der Waals surface area contributed by atoms with Crippen molar-refractivity contribution in [3.63, 3.8) is 0 Å². The molecule has 0 amide bonds. The van der Waals surface area contributed by atoms with Crippen molar-refractivity contribution >= 4 is 11.7 Å². The minimum Gasteiger partial charge on any atom is -0.548 e. The van der Waals surface area contributed by atoms with Crippen molar-refractivity contribution in [3.8, 4) is 17.6 Å². The Labute approximate surface area is 168 Å². The Morgan fingerprint density at radius 2 is 1.76 bits per heavy atom. The summed E-state index contributed by atoms with van der Waals surface area (Å²) in [6.07, 6.45) is 0. The number of carboxylic acid groups (broad SMARTS) is 1. The van der Waals surface area contributed by atoms with E-state index < -0.39 is 12.0 Å². The average Bonchev–Trinajstić information content (AvgIpc) is 2.76. The van der Waals surface area contributed by atoms with Crippen LogP contribution < -0.4 is 19.9 Å². The molecule has 0 bridgehead atoms. The van der Waals surface area contributed by atoms with E-state index in [1.165, 1.54) is 7.11 Å². The molecule has 0 radical (unpaired) electrons. The van der Waals surface area contributed by atoms with Gasteiger partial charge in [0.2, 0.25) is 0 Å². The van der Waals surface area contributed by atoms with Gasteiger partial charge >= 0.3 is 0 Å². The lowest BCUT2D eigenvalue weighted by Gasteiger charge is -2.22. The van der Waals surface area contributed by atoms with Crippen molar-refractivity contribution in [3.05, 3.63) is 89.5 Å². The van der Waals surface area contributed by atoms with Crippen LogP contribution in [0.15, 0.2) is 72.8 Å². The first kappa shape index (κ1) is 19.8. The summed E-state index contributed by atoms with van der Waals surface area (Å²) in [6.45, 7) is 0.340. The Morgan fingerprint density at radius 3 is 2.38 bits per heavy atom. The molecule has 3 aromatic carbocycles. The summed E-state index contributed by atoms with van der Waals surface area (Å²) < 4.78 is 11.1. The number of anilines is 1. The van der Waals surface area contributed by atoms with Gasteiger partial charge in [-0.15, -0.1) is 0 Å². The lowest BCUT2D eigenvalue weighted by atomic mass is 10.1. The van der Waals surface area contributed by atoms with E-state index in [2.05, 4.69) is 5.32 Å². The third kappa shape index (κ3) is 5.27. The number of hydrogen-bond donors (Lipinski definition) is 1. The second-order valence-corrected chi connectivity index (χ2v) is 6.30. The van der Waals surface area contributed by atoms with Gasteiger partial charge in [0.05, 0.1) is 30.8 Å². The predicted molar refractivity (Wildman–Crippen MR) is 106 cm³/mol. The highest BCUT2D eigenvalue weighted by Gasteiger charge is 2.16. The second-order valence-electron chi connectivity index (χ2n) is 6.30. The number of carbonyl (C=O) groups excluding carboxylic acids is 1. The first-order valence-corrected chi connectivity index (χ1v) is 8.92. The summed E-state index contributed by atoms with van der Waals surface area (Å²) >= 11 is 0. The highest BCUT2D eigenvalue weighted by Crippen LogP contribution is 2.29. The minimum atomic E-state index is -1.29. The molecule has 3 aromatic rings. The van der Waals surface area contributed by atoms with Crippen LogP contribution in [0, 0.1) is 11.3 Å². The first-order valence-electron chi connectivity index (χ1n) is 8.92. The van der Waals surface area contributed by atoms with E-state index in [4.69, 9.17) is 14.7 Å². The highest BCUT2D eigenvalue weighted by molar-refractivity contribution is 5.78. The van der Waals surface area contributed by atoms with E-state index in [0.717, 1.165) is 5.56 Å². The topological polar surface area (TPSA) is 94.4 Å². The maximum atomic E-state index is 11.8. The maximum absolute atomic E-state index is 11.8. The zero-order valence-corrected chi connectivity index (χ0v) is 15.8.